The minimum Gasteiger partial charge on any atom is -0.464 e. The van der Waals surface area contributed by atoms with Crippen molar-refractivity contribution in [3.05, 3.63) is 81.4 Å². The molecule has 2 aromatic rings. The highest BCUT2D eigenvalue weighted by Gasteiger charge is 2.13. The summed E-state index contributed by atoms with van der Waals surface area (Å²) in [6, 6.07) is 9.78. The fraction of sp³-hybridized carbons (Fsp3) is 0.400. The molecule has 1 aromatic heterocycles. The van der Waals surface area contributed by atoms with Crippen LogP contribution in [-0.4, -0.2) is 47.9 Å². The van der Waals surface area contributed by atoms with Gasteiger partial charge >= 0.3 is 0 Å². The van der Waals surface area contributed by atoms with Crippen LogP contribution in [0.1, 0.15) is 23.2 Å². The van der Waals surface area contributed by atoms with Gasteiger partial charge < -0.3 is 25.1 Å². The van der Waals surface area contributed by atoms with E-state index in [1.165, 1.54) is 18.2 Å². The van der Waals surface area contributed by atoms with E-state index in [1.54, 1.807) is 17.8 Å². The van der Waals surface area contributed by atoms with Crippen LogP contribution in [0, 0.1) is 15.9 Å². The van der Waals surface area contributed by atoms with Crippen molar-refractivity contribution in [2.24, 2.45) is 0 Å². The lowest BCUT2D eigenvalue weighted by Gasteiger charge is -2.16. The van der Waals surface area contributed by atoms with E-state index < -0.39 is 16.8 Å². The minimum atomic E-state index is -1.13. The summed E-state index contributed by atoms with van der Waals surface area (Å²) in [5.74, 6) is 2.80. The zero-order valence-electron chi connectivity index (χ0n) is 17.0. The molecule has 8 nitrogen and oxygen atoms in total. The number of rotatable bonds is 13. The standard InChI is InChI=1S/C20H27FN4O4S/c1-24(2)12-15-7-8-16(29-15)14-30-10-9-22-20(13-25(27)28)23-11-19(26)17-5-3-4-6-18(17)21/h3-8,13,19,22-23,26H,9-12,14H2,1-2H3/b20-13-. The number of hydrogen-bond acceptors (Lipinski definition) is 8. The molecule has 1 heterocycles. The highest BCUT2D eigenvalue weighted by atomic mass is 32.2. The first-order chi connectivity index (χ1) is 14.3. The molecule has 10 heteroatoms. The average Bonchev–Trinajstić information content (AvgIpc) is 3.11. The summed E-state index contributed by atoms with van der Waals surface area (Å²) in [6.07, 6.45) is -0.341. The third-order valence-electron chi connectivity index (χ3n) is 3.98. The molecule has 0 aliphatic heterocycles. The lowest BCUT2D eigenvalue weighted by Crippen LogP contribution is -2.32. The molecule has 164 valence electrons. The second kappa shape index (κ2) is 12.2. The molecule has 1 aromatic carbocycles. The zero-order valence-corrected chi connectivity index (χ0v) is 17.8. The van der Waals surface area contributed by atoms with Crippen molar-refractivity contribution in [3.8, 4) is 0 Å². The molecule has 0 bridgehead atoms. The van der Waals surface area contributed by atoms with Crippen LogP contribution >= 0.6 is 11.8 Å². The number of nitro groups is 1. The van der Waals surface area contributed by atoms with Gasteiger partial charge in [0.25, 0.3) is 6.20 Å². The van der Waals surface area contributed by atoms with Gasteiger partial charge in [-0.05, 0) is 32.3 Å². The van der Waals surface area contributed by atoms with E-state index in [0.29, 0.717) is 18.1 Å². The maximum absolute atomic E-state index is 13.7. The van der Waals surface area contributed by atoms with Gasteiger partial charge in [-0.3, -0.25) is 10.1 Å². The van der Waals surface area contributed by atoms with Crippen LogP contribution < -0.4 is 10.6 Å². The smallest absolute Gasteiger partial charge is 0.274 e. The molecule has 3 N–H and O–H groups in total. The average molecular weight is 439 g/mol. The van der Waals surface area contributed by atoms with E-state index in [1.807, 2.05) is 31.1 Å². The minimum absolute atomic E-state index is 0.0677. The fourth-order valence-corrected chi connectivity index (χ4v) is 3.40. The first-order valence-electron chi connectivity index (χ1n) is 9.40. The van der Waals surface area contributed by atoms with Gasteiger partial charge in [-0.25, -0.2) is 4.39 Å². The normalized spacial score (nSPS) is 12.8. The van der Waals surface area contributed by atoms with Gasteiger partial charge in [0, 0.05) is 24.4 Å². The Hall–Kier alpha value is -2.56. The van der Waals surface area contributed by atoms with Gasteiger partial charge in [0.15, 0.2) is 5.82 Å². The maximum atomic E-state index is 13.7. The van der Waals surface area contributed by atoms with Gasteiger partial charge in [-0.1, -0.05) is 18.2 Å². The summed E-state index contributed by atoms with van der Waals surface area (Å²) < 4.78 is 19.5. The van der Waals surface area contributed by atoms with Gasteiger partial charge in [0.1, 0.15) is 17.3 Å². The summed E-state index contributed by atoms with van der Waals surface area (Å²) in [6.45, 7) is 1.14. The third-order valence-corrected chi connectivity index (χ3v) is 4.96. The number of furan rings is 1. The van der Waals surface area contributed by atoms with Gasteiger partial charge in [0.05, 0.1) is 23.3 Å². The number of halogens is 1. The quantitative estimate of drug-likeness (QED) is 0.249. The fourth-order valence-electron chi connectivity index (χ4n) is 2.65. The monoisotopic (exact) mass is 438 g/mol. The highest BCUT2D eigenvalue weighted by molar-refractivity contribution is 7.98. The predicted molar refractivity (Wildman–Crippen MR) is 115 cm³/mol. The van der Waals surface area contributed by atoms with E-state index in [4.69, 9.17) is 4.42 Å². The molecule has 0 aliphatic carbocycles. The van der Waals surface area contributed by atoms with E-state index in [0.717, 1.165) is 24.3 Å². The molecule has 0 fully saturated rings. The molecule has 0 saturated carbocycles. The first kappa shape index (κ1) is 23.7. The molecule has 0 radical (unpaired) electrons. The molecule has 0 aliphatic rings. The van der Waals surface area contributed by atoms with E-state index >= 15 is 0 Å². The molecular formula is C20H27FN4O4S. The molecule has 2 rings (SSSR count). The van der Waals surface area contributed by atoms with Crippen LogP contribution in [0.3, 0.4) is 0 Å². The van der Waals surface area contributed by atoms with Gasteiger partial charge in [-0.15, -0.1) is 0 Å². The van der Waals surface area contributed by atoms with Crippen molar-refractivity contribution < 1.29 is 18.8 Å². The molecule has 30 heavy (non-hydrogen) atoms. The molecular weight excluding hydrogens is 411 g/mol. The number of thioether (sulfide) groups is 1. The van der Waals surface area contributed by atoms with Crippen molar-refractivity contribution in [2.75, 3.05) is 32.9 Å². The Kier molecular flexibility index (Phi) is 9.65. The maximum Gasteiger partial charge on any atom is 0.274 e. The SMILES string of the molecule is CN(C)Cc1ccc(CSCCN/C(=C/[N+](=O)[O-])NCC(O)c2ccccc2F)o1. The topological polar surface area (TPSA) is 104 Å². The molecule has 0 saturated heterocycles. The second-order valence-electron chi connectivity index (χ2n) is 6.83. The van der Waals surface area contributed by atoms with Crippen LogP contribution in [0.5, 0.6) is 0 Å². The summed E-state index contributed by atoms with van der Waals surface area (Å²) in [5.41, 5.74) is 0.132. The molecule has 0 spiro atoms. The second-order valence-corrected chi connectivity index (χ2v) is 7.94. The van der Waals surface area contributed by atoms with Crippen LogP contribution in [0.4, 0.5) is 4.39 Å². The molecule has 1 atom stereocenters. The lowest BCUT2D eigenvalue weighted by atomic mass is 10.1. The van der Waals surface area contributed by atoms with Crippen LogP contribution in [-0.2, 0) is 12.3 Å². The Morgan fingerprint density at radius 2 is 2.03 bits per heavy atom. The highest BCUT2D eigenvalue weighted by Crippen LogP contribution is 2.17. The Morgan fingerprint density at radius 3 is 2.73 bits per heavy atom. The number of aliphatic hydroxyl groups excluding tert-OH is 1. The summed E-state index contributed by atoms with van der Waals surface area (Å²) >= 11 is 1.63. The third kappa shape index (κ3) is 8.44. The number of nitrogens with one attached hydrogen (secondary N) is 2. The Labute approximate surface area is 179 Å². The number of aliphatic hydroxyl groups is 1. The van der Waals surface area contributed by atoms with Crippen molar-refractivity contribution in [1.29, 1.82) is 0 Å². The van der Waals surface area contributed by atoms with Gasteiger partial charge in [-0.2, -0.15) is 11.8 Å². The Bertz CT molecular complexity index is 844. The Balaban J connectivity index is 1.75. The van der Waals surface area contributed by atoms with Crippen molar-refractivity contribution in [1.82, 2.24) is 15.5 Å². The van der Waals surface area contributed by atoms with Crippen LogP contribution in [0.15, 0.2) is 52.8 Å². The summed E-state index contributed by atoms with van der Waals surface area (Å²) in [7, 11) is 3.95. The largest absolute Gasteiger partial charge is 0.464 e. The van der Waals surface area contributed by atoms with Crippen molar-refractivity contribution >= 4 is 11.8 Å². The van der Waals surface area contributed by atoms with Crippen LogP contribution in [0.2, 0.25) is 0 Å². The van der Waals surface area contributed by atoms with Crippen molar-refractivity contribution in [2.45, 2.75) is 18.4 Å². The predicted octanol–water partition coefficient (Wildman–Crippen LogP) is 2.70. The Morgan fingerprint density at radius 1 is 1.30 bits per heavy atom. The number of hydrogen-bond donors (Lipinski definition) is 3. The van der Waals surface area contributed by atoms with Crippen molar-refractivity contribution in [3.63, 3.8) is 0 Å². The molecule has 1 unspecified atom stereocenters. The van der Waals surface area contributed by atoms with Gasteiger partial charge in [0.2, 0.25) is 0 Å². The summed E-state index contributed by atoms with van der Waals surface area (Å²) in [4.78, 5) is 12.3. The lowest BCUT2D eigenvalue weighted by molar-refractivity contribution is -0.404. The van der Waals surface area contributed by atoms with Crippen LogP contribution in [0.25, 0.3) is 0 Å². The summed E-state index contributed by atoms with van der Waals surface area (Å²) in [5, 5.41) is 26.7. The van der Waals surface area contributed by atoms with E-state index in [9.17, 15) is 19.6 Å². The number of nitrogens with zero attached hydrogens (tertiary/aromatic N) is 2. The van der Waals surface area contributed by atoms with E-state index in [2.05, 4.69) is 10.6 Å². The number of benzene rings is 1. The first-order valence-corrected chi connectivity index (χ1v) is 10.6. The molecule has 0 amide bonds. The zero-order chi connectivity index (χ0) is 21.9. The van der Waals surface area contributed by atoms with E-state index in [-0.39, 0.29) is 17.9 Å².